The average Bonchev–Trinajstić information content (AvgIpc) is 2.68. The summed E-state index contributed by atoms with van der Waals surface area (Å²) in [7, 11) is 0. The van der Waals surface area contributed by atoms with E-state index < -0.39 is 0 Å². The normalized spacial score (nSPS) is 17.6. The van der Waals surface area contributed by atoms with E-state index >= 15 is 0 Å². The van der Waals surface area contributed by atoms with Crippen molar-refractivity contribution in [2.24, 2.45) is 5.92 Å². The summed E-state index contributed by atoms with van der Waals surface area (Å²) in [5.41, 5.74) is 1.35. The molecule has 0 unspecified atom stereocenters. The number of nitrogens with zero attached hydrogens (tertiary/aromatic N) is 3. The number of aromatic nitrogens is 2. The van der Waals surface area contributed by atoms with Crippen molar-refractivity contribution in [1.29, 1.82) is 0 Å². The Labute approximate surface area is 155 Å². The average molecular weight is 353 g/mol. The molecule has 0 bridgehead atoms. The summed E-state index contributed by atoms with van der Waals surface area (Å²) in [6.07, 6.45) is 6.17. The molecular weight excluding hydrogens is 326 g/mol. The summed E-state index contributed by atoms with van der Waals surface area (Å²) in [4.78, 5) is 22.7. The standard InChI is InChI=1S/C20H27N5O/c26-19(9-12-23-20-21-10-5-11-22-20)24-14-18-8-4-13-25(16-18)15-17-6-2-1-3-7-17/h1-3,5-7,10-11,18H,4,8-9,12-16H2,(H,24,26)(H,21,22,23)/t18-/m0/s1. The number of anilines is 1. The van der Waals surface area contributed by atoms with Crippen LogP contribution in [-0.2, 0) is 11.3 Å². The van der Waals surface area contributed by atoms with Gasteiger partial charge in [0.1, 0.15) is 0 Å². The van der Waals surface area contributed by atoms with Gasteiger partial charge in [-0.2, -0.15) is 0 Å². The molecule has 26 heavy (non-hydrogen) atoms. The predicted molar refractivity (Wildman–Crippen MR) is 103 cm³/mol. The van der Waals surface area contributed by atoms with Crippen LogP contribution in [0.2, 0.25) is 0 Å². The Hall–Kier alpha value is -2.47. The maximum atomic E-state index is 12.0. The van der Waals surface area contributed by atoms with Gasteiger partial charge in [-0.15, -0.1) is 0 Å². The van der Waals surface area contributed by atoms with Crippen molar-refractivity contribution in [1.82, 2.24) is 20.2 Å². The van der Waals surface area contributed by atoms with Crippen LogP contribution in [0.5, 0.6) is 0 Å². The lowest BCUT2D eigenvalue weighted by Crippen LogP contribution is -2.40. The smallest absolute Gasteiger partial charge is 0.222 e. The van der Waals surface area contributed by atoms with Crippen molar-refractivity contribution in [3.05, 3.63) is 54.4 Å². The summed E-state index contributed by atoms with van der Waals surface area (Å²) in [5, 5.41) is 6.13. The maximum Gasteiger partial charge on any atom is 0.222 e. The molecule has 1 fully saturated rings. The van der Waals surface area contributed by atoms with Gasteiger partial charge in [0.2, 0.25) is 11.9 Å². The molecule has 1 amide bonds. The summed E-state index contributed by atoms with van der Waals surface area (Å²) in [5.74, 6) is 1.17. The van der Waals surface area contributed by atoms with E-state index in [0.29, 0.717) is 24.8 Å². The monoisotopic (exact) mass is 353 g/mol. The molecule has 3 rings (SSSR count). The Kier molecular flexibility index (Phi) is 6.96. The van der Waals surface area contributed by atoms with E-state index in [-0.39, 0.29) is 5.91 Å². The highest BCUT2D eigenvalue weighted by molar-refractivity contribution is 5.76. The molecule has 2 N–H and O–H groups in total. The second kappa shape index (κ2) is 9.87. The van der Waals surface area contributed by atoms with Gasteiger partial charge in [-0.25, -0.2) is 9.97 Å². The van der Waals surface area contributed by atoms with Crippen molar-refractivity contribution < 1.29 is 4.79 Å². The molecular formula is C20H27N5O. The zero-order chi connectivity index (χ0) is 18.0. The second-order valence-corrected chi connectivity index (χ2v) is 6.78. The van der Waals surface area contributed by atoms with Gasteiger partial charge in [-0.05, 0) is 36.9 Å². The Bertz CT molecular complexity index is 664. The number of carbonyl (C=O) groups is 1. The molecule has 1 aliphatic heterocycles. The highest BCUT2D eigenvalue weighted by Crippen LogP contribution is 2.18. The number of hydrogen-bond donors (Lipinski definition) is 2. The fourth-order valence-electron chi connectivity index (χ4n) is 3.33. The zero-order valence-electron chi connectivity index (χ0n) is 15.1. The van der Waals surface area contributed by atoms with Gasteiger partial charge in [0, 0.05) is 45.0 Å². The van der Waals surface area contributed by atoms with E-state index in [1.807, 2.05) is 0 Å². The van der Waals surface area contributed by atoms with Gasteiger partial charge < -0.3 is 10.6 Å². The summed E-state index contributed by atoms with van der Waals surface area (Å²) >= 11 is 0. The third kappa shape index (κ3) is 6.11. The fraction of sp³-hybridized carbons (Fsp3) is 0.450. The van der Waals surface area contributed by atoms with Crippen LogP contribution in [0, 0.1) is 5.92 Å². The number of benzene rings is 1. The second-order valence-electron chi connectivity index (χ2n) is 6.78. The molecule has 2 heterocycles. The lowest BCUT2D eigenvalue weighted by atomic mass is 9.97. The topological polar surface area (TPSA) is 70.1 Å². The molecule has 138 valence electrons. The first-order chi connectivity index (χ1) is 12.8. The number of piperidine rings is 1. The molecule has 6 nitrogen and oxygen atoms in total. The van der Waals surface area contributed by atoms with Gasteiger partial charge in [-0.1, -0.05) is 30.3 Å². The number of likely N-dealkylation sites (tertiary alicyclic amines) is 1. The first-order valence-electron chi connectivity index (χ1n) is 9.33. The van der Waals surface area contributed by atoms with E-state index in [0.717, 1.165) is 26.2 Å². The minimum atomic E-state index is 0.0774. The molecule has 1 aromatic carbocycles. The molecule has 1 atom stereocenters. The van der Waals surface area contributed by atoms with E-state index in [9.17, 15) is 4.79 Å². The molecule has 0 radical (unpaired) electrons. The first-order valence-corrected chi connectivity index (χ1v) is 9.33. The molecule has 1 aliphatic rings. The highest BCUT2D eigenvalue weighted by Gasteiger charge is 2.20. The predicted octanol–water partition coefficient (Wildman–Crippen LogP) is 2.31. The fourth-order valence-corrected chi connectivity index (χ4v) is 3.33. The van der Waals surface area contributed by atoms with Crippen molar-refractivity contribution in [2.45, 2.75) is 25.8 Å². The van der Waals surface area contributed by atoms with Gasteiger partial charge in [-0.3, -0.25) is 9.69 Å². The number of amides is 1. The Morgan fingerprint density at radius 1 is 1.15 bits per heavy atom. The van der Waals surface area contributed by atoms with Crippen LogP contribution >= 0.6 is 0 Å². The van der Waals surface area contributed by atoms with Crippen LogP contribution in [0.15, 0.2) is 48.8 Å². The van der Waals surface area contributed by atoms with Crippen molar-refractivity contribution in [3.63, 3.8) is 0 Å². The summed E-state index contributed by atoms with van der Waals surface area (Å²) in [6.45, 7) is 4.48. The zero-order valence-corrected chi connectivity index (χ0v) is 15.1. The summed E-state index contributed by atoms with van der Waals surface area (Å²) in [6, 6.07) is 12.3. The first kappa shape index (κ1) is 18.3. The lowest BCUT2D eigenvalue weighted by molar-refractivity contribution is -0.121. The lowest BCUT2D eigenvalue weighted by Gasteiger charge is -2.32. The number of hydrogen-bond acceptors (Lipinski definition) is 5. The third-order valence-electron chi connectivity index (χ3n) is 4.64. The molecule has 1 saturated heterocycles. The van der Waals surface area contributed by atoms with Crippen LogP contribution in [0.3, 0.4) is 0 Å². The molecule has 0 saturated carbocycles. The van der Waals surface area contributed by atoms with Gasteiger partial charge in [0.25, 0.3) is 0 Å². The Morgan fingerprint density at radius 3 is 2.77 bits per heavy atom. The van der Waals surface area contributed by atoms with Crippen molar-refractivity contribution in [3.8, 4) is 0 Å². The van der Waals surface area contributed by atoms with E-state index in [1.54, 1.807) is 18.5 Å². The van der Waals surface area contributed by atoms with Crippen LogP contribution < -0.4 is 10.6 Å². The SMILES string of the molecule is O=C(CCNc1ncccn1)NC[C@@H]1CCCN(Cc2ccccc2)C1. The molecule has 0 aliphatic carbocycles. The largest absolute Gasteiger partial charge is 0.356 e. The number of rotatable bonds is 8. The number of carbonyl (C=O) groups excluding carboxylic acids is 1. The Balaban J connectivity index is 1.34. The van der Waals surface area contributed by atoms with Crippen molar-refractivity contribution in [2.75, 3.05) is 31.5 Å². The minimum absolute atomic E-state index is 0.0774. The van der Waals surface area contributed by atoms with E-state index in [1.165, 1.54) is 18.4 Å². The van der Waals surface area contributed by atoms with Gasteiger partial charge >= 0.3 is 0 Å². The van der Waals surface area contributed by atoms with E-state index in [2.05, 4.69) is 55.8 Å². The molecule has 0 spiro atoms. The van der Waals surface area contributed by atoms with Crippen molar-refractivity contribution >= 4 is 11.9 Å². The van der Waals surface area contributed by atoms with Crippen LogP contribution in [0.25, 0.3) is 0 Å². The summed E-state index contributed by atoms with van der Waals surface area (Å²) < 4.78 is 0. The number of nitrogens with one attached hydrogen (secondary N) is 2. The third-order valence-corrected chi connectivity index (χ3v) is 4.64. The minimum Gasteiger partial charge on any atom is -0.356 e. The maximum absolute atomic E-state index is 12.0. The Morgan fingerprint density at radius 2 is 1.96 bits per heavy atom. The van der Waals surface area contributed by atoms with Crippen LogP contribution in [0.4, 0.5) is 5.95 Å². The molecule has 6 heteroatoms. The van der Waals surface area contributed by atoms with Gasteiger partial charge in [0.15, 0.2) is 0 Å². The van der Waals surface area contributed by atoms with E-state index in [4.69, 9.17) is 0 Å². The van der Waals surface area contributed by atoms with Crippen LogP contribution in [-0.4, -0.2) is 47.0 Å². The molecule has 1 aromatic heterocycles. The van der Waals surface area contributed by atoms with Gasteiger partial charge in [0.05, 0.1) is 0 Å². The van der Waals surface area contributed by atoms with Crippen LogP contribution in [0.1, 0.15) is 24.8 Å². The quantitative estimate of drug-likeness (QED) is 0.762. The molecule has 2 aromatic rings. The highest BCUT2D eigenvalue weighted by atomic mass is 16.1.